The molecule has 1 aromatic heterocycles. The molecule has 0 unspecified atom stereocenters. The number of carbonyl (C=O) groups excluding carboxylic acids is 2. The molecule has 3 rings (SSSR count). The molecule has 0 radical (unpaired) electrons. The Morgan fingerprint density at radius 3 is 2.52 bits per heavy atom. The van der Waals surface area contributed by atoms with Crippen LogP contribution < -0.4 is 5.32 Å². The third kappa shape index (κ3) is 8.82. The molecule has 7 heteroatoms. The fourth-order valence-corrected chi connectivity index (χ4v) is 4.88. The minimum atomic E-state index is -0.137. The number of hydrogen-bond acceptors (Lipinski definition) is 4. The highest BCUT2D eigenvalue weighted by atomic mass is 32.1. The molecule has 0 saturated heterocycles. The summed E-state index contributed by atoms with van der Waals surface area (Å²) in [6.45, 7) is 4.84. The molecule has 33 heavy (non-hydrogen) atoms. The second-order valence-electron chi connectivity index (χ2n) is 8.57. The van der Waals surface area contributed by atoms with Gasteiger partial charge in [0, 0.05) is 37.2 Å². The standard InChI is InChI=1S/C26H37N3O3S/c1-2-32-17-10-16-28(26(31)27-23-13-7-4-8-14-23)21-25(30)29(20-24-15-9-18-33-24)19-22-11-5-3-6-12-22/h3,5-6,9,11-12,15,18,23H,2,4,7-8,10,13-14,16-17,19-21H2,1H3,(H,27,31). The SMILES string of the molecule is CCOCCCN(CC(=O)N(Cc1ccccc1)Cc1cccs1)C(=O)NC1CCCCC1. The lowest BCUT2D eigenvalue weighted by Crippen LogP contribution is -2.49. The van der Waals surface area contributed by atoms with E-state index >= 15 is 0 Å². The lowest BCUT2D eigenvalue weighted by atomic mass is 9.96. The lowest BCUT2D eigenvalue weighted by molar-refractivity contribution is -0.133. The minimum absolute atomic E-state index is 0.0394. The van der Waals surface area contributed by atoms with Crippen LogP contribution in [0.4, 0.5) is 4.79 Å². The molecule has 0 spiro atoms. The lowest BCUT2D eigenvalue weighted by Gasteiger charge is -2.30. The van der Waals surface area contributed by atoms with E-state index in [-0.39, 0.29) is 24.5 Å². The first-order valence-corrected chi connectivity index (χ1v) is 13.0. The summed E-state index contributed by atoms with van der Waals surface area (Å²) < 4.78 is 5.46. The van der Waals surface area contributed by atoms with Gasteiger partial charge < -0.3 is 19.9 Å². The van der Waals surface area contributed by atoms with Crippen LogP contribution in [0.3, 0.4) is 0 Å². The maximum absolute atomic E-state index is 13.4. The Kier molecular flexibility index (Phi) is 10.7. The Morgan fingerprint density at radius 2 is 1.82 bits per heavy atom. The predicted molar refractivity (Wildman–Crippen MR) is 133 cm³/mol. The van der Waals surface area contributed by atoms with Crippen molar-refractivity contribution in [1.82, 2.24) is 15.1 Å². The van der Waals surface area contributed by atoms with Gasteiger partial charge >= 0.3 is 6.03 Å². The van der Waals surface area contributed by atoms with Gasteiger partial charge in [-0.15, -0.1) is 11.3 Å². The van der Waals surface area contributed by atoms with Gasteiger partial charge in [0.2, 0.25) is 5.91 Å². The summed E-state index contributed by atoms with van der Waals surface area (Å²) in [5.74, 6) is -0.0394. The molecular formula is C26H37N3O3S. The molecule has 1 aliphatic carbocycles. The number of carbonyl (C=O) groups is 2. The van der Waals surface area contributed by atoms with Crippen LogP contribution in [0.2, 0.25) is 0 Å². The van der Waals surface area contributed by atoms with Crippen molar-refractivity contribution < 1.29 is 14.3 Å². The number of urea groups is 1. The summed E-state index contributed by atoms with van der Waals surface area (Å²) in [4.78, 5) is 31.2. The summed E-state index contributed by atoms with van der Waals surface area (Å²) in [6.07, 6.45) is 6.29. The zero-order valence-corrected chi connectivity index (χ0v) is 20.5. The van der Waals surface area contributed by atoms with Gasteiger partial charge in [-0.05, 0) is 43.2 Å². The second kappa shape index (κ2) is 14.0. The molecule has 0 atom stereocenters. The third-order valence-electron chi connectivity index (χ3n) is 5.96. The molecule has 2 aromatic rings. The van der Waals surface area contributed by atoms with Crippen LogP contribution in [0.1, 0.15) is 55.9 Å². The average molecular weight is 472 g/mol. The Balaban J connectivity index is 1.67. The van der Waals surface area contributed by atoms with E-state index in [0.29, 0.717) is 39.3 Å². The van der Waals surface area contributed by atoms with Crippen molar-refractivity contribution >= 4 is 23.3 Å². The molecule has 6 nitrogen and oxygen atoms in total. The number of thiophene rings is 1. The van der Waals surface area contributed by atoms with Gasteiger partial charge in [-0.25, -0.2) is 4.79 Å². The van der Waals surface area contributed by atoms with Crippen LogP contribution in [0.15, 0.2) is 47.8 Å². The topological polar surface area (TPSA) is 61.9 Å². The maximum atomic E-state index is 13.4. The van der Waals surface area contributed by atoms with Crippen molar-refractivity contribution in [2.45, 2.75) is 64.6 Å². The number of amides is 3. The summed E-state index contributed by atoms with van der Waals surface area (Å²) in [7, 11) is 0. The number of benzene rings is 1. The highest BCUT2D eigenvalue weighted by Crippen LogP contribution is 2.18. The van der Waals surface area contributed by atoms with E-state index in [4.69, 9.17) is 4.74 Å². The smallest absolute Gasteiger partial charge is 0.318 e. The summed E-state index contributed by atoms with van der Waals surface area (Å²) in [6, 6.07) is 14.1. The van der Waals surface area contributed by atoms with Gasteiger partial charge in [0.15, 0.2) is 0 Å². The monoisotopic (exact) mass is 471 g/mol. The summed E-state index contributed by atoms with van der Waals surface area (Å²) in [5.41, 5.74) is 1.08. The van der Waals surface area contributed by atoms with Crippen LogP contribution in [0, 0.1) is 0 Å². The molecule has 1 aliphatic rings. The Labute approximate surface area is 201 Å². The molecule has 1 heterocycles. The summed E-state index contributed by atoms with van der Waals surface area (Å²) >= 11 is 1.64. The zero-order valence-electron chi connectivity index (χ0n) is 19.7. The number of rotatable bonds is 12. The molecule has 0 aliphatic heterocycles. The molecule has 1 fully saturated rings. The number of nitrogens with zero attached hydrogens (tertiary/aromatic N) is 2. The van der Waals surface area contributed by atoms with Crippen LogP contribution >= 0.6 is 11.3 Å². The highest BCUT2D eigenvalue weighted by molar-refractivity contribution is 7.09. The fraction of sp³-hybridized carbons (Fsp3) is 0.538. The normalized spacial score (nSPS) is 14.1. The molecule has 1 N–H and O–H groups in total. The molecule has 1 saturated carbocycles. The quantitative estimate of drug-likeness (QED) is 0.441. The van der Waals surface area contributed by atoms with Gasteiger partial charge in [0.25, 0.3) is 0 Å². The van der Waals surface area contributed by atoms with Crippen molar-refractivity contribution in [3.8, 4) is 0 Å². The van der Waals surface area contributed by atoms with Gasteiger partial charge in [0.05, 0.1) is 6.54 Å². The van der Waals surface area contributed by atoms with Crippen LogP contribution in [0.5, 0.6) is 0 Å². The van der Waals surface area contributed by atoms with E-state index < -0.39 is 0 Å². The third-order valence-corrected chi connectivity index (χ3v) is 6.82. The van der Waals surface area contributed by atoms with Crippen LogP contribution in [-0.4, -0.2) is 54.1 Å². The Morgan fingerprint density at radius 1 is 1.03 bits per heavy atom. The summed E-state index contributed by atoms with van der Waals surface area (Å²) in [5, 5.41) is 5.20. The van der Waals surface area contributed by atoms with Gasteiger partial charge in [0.1, 0.15) is 6.54 Å². The van der Waals surface area contributed by atoms with Gasteiger partial charge in [-0.2, -0.15) is 0 Å². The second-order valence-corrected chi connectivity index (χ2v) is 9.60. The van der Waals surface area contributed by atoms with Crippen molar-refractivity contribution in [3.63, 3.8) is 0 Å². The minimum Gasteiger partial charge on any atom is -0.382 e. The van der Waals surface area contributed by atoms with Crippen LogP contribution in [0.25, 0.3) is 0 Å². The first-order chi connectivity index (χ1) is 16.2. The van der Waals surface area contributed by atoms with Gasteiger partial charge in [-0.1, -0.05) is 55.7 Å². The largest absolute Gasteiger partial charge is 0.382 e. The molecule has 0 bridgehead atoms. The molecule has 180 valence electrons. The molecule has 3 amide bonds. The Hall–Kier alpha value is -2.38. The number of nitrogens with one attached hydrogen (secondary N) is 1. The zero-order chi connectivity index (χ0) is 23.3. The van der Waals surface area contributed by atoms with E-state index in [1.165, 1.54) is 6.42 Å². The predicted octanol–water partition coefficient (Wildman–Crippen LogP) is 5.05. The van der Waals surface area contributed by atoms with E-state index in [2.05, 4.69) is 5.32 Å². The maximum Gasteiger partial charge on any atom is 0.318 e. The molecule has 1 aromatic carbocycles. The van der Waals surface area contributed by atoms with Crippen molar-refractivity contribution in [2.75, 3.05) is 26.3 Å². The van der Waals surface area contributed by atoms with Crippen molar-refractivity contribution in [2.24, 2.45) is 0 Å². The van der Waals surface area contributed by atoms with E-state index in [9.17, 15) is 9.59 Å². The Bertz CT molecular complexity index is 823. The molecular weight excluding hydrogens is 434 g/mol. The van der Waals surface area contributed by atoms with Gasteiger partial charge in [-0.3, -0.25) is 4.79 Å². The number of hydrogen-bond donors (Lipinski definition) is 1. The van der Waals surface area contributed by atoms with E-state index in [1.807, 2.05) is 59.7 Å². The number of ether oxygens (including phenoxy) is 1. The van der Waals surface area contributed by atoms with E-state index in [1.54, 1.807) is 16.2 Å². The first-order valence-electron chi connectivity index (χ1n) is 12.1. The first kappa shape index (κ1) is 25.2. The van der Waals surface area contributed by atoms with E-state index in [0.717, 1.165) is 36.1 Å². The average Bonchev–Trinajstić information content (AvgIpc) is 3.35. The van der Waals surface area contributed by atoms with Crippen LogP contribution in [-0.2, 0) is 22.6 Å². The fourth-order valence-electron chi connectivity index (χ4n) is 4.16. The van der Waals surface area contributed by atoms with Crippen molar-refractivity contribution in [3.05, 3.63) is 58.3 Å². The highest BCUT2D eigenvalue weighted by Gasteiger charge is 2.24. The van der Waals surface area contributed by atoms with Crippen molar-refractivity contribution in [1.29, 1.82) is 0 Å².